The van der Waals surface area contributed by atoms with Gasteiger partial charge in [0.05, 0.1) is 13.1 Å². The largest absolute Gasteiger partial charge is 0.314 e. The van der Waals surface area contributed by atoms with E-state index in [1.54, 1.807) is 0 Å². The van der Waals surface area contributed by atoms with E-state index in [0.29, 0.717) is 19.1 Å². The van der Waals surface area contributed by atoms with E-state index in [9.17, 15) is 9.59 Å². The Kier molecular flexibility index (Phi) is 4.71. The number of hydrogen-bond donors (Lipinski definition) is 2. The molecule has 0 aromatic carbocycles. The van der Waals surface area contributed by atoms with Gasteiger partial charge >= 0.3 is 0 Å². The summed E-state index contributed by atoms with van der Waals surface area (Å²) in [4.78, 5) is 23.9. The SMILES string of the molecule is CC(C)NCCCN1CC(=O)NC(=O)C1. The maximum absolute atomic E-state index is 11.0. The minimum atomic E-state index is -0.192. The van der Waals surface area contributed by atoms with Gasteiger partial charge in [-0.2, -0.15) is 0 Å². The summed E-state index contributed by atoms with van der Waals surface area (Å²) in [5, 5.41) is 5.58. The Labute approximate surface area is 90.2 Å². The lowest BCUT2D eigenvalue weighted by molar-refractivity contribution is -0.136. The van der Waals surface area contributed by atoms with Crippen molar-refractivity contribution < 1.29 is 9.59 Å². The molecule has 1 aliphatic rings. The Morgan fingerprint density at radius 3 is 2.47 bits per heavy atom. The van der Waals surface area contributed by atoms with Crippen LogP contribution in [0.15, 0.2) is 0 Å². The average Bonchev–Trinajstić information content (AvgIpc) is 2.10. The second kappa shape index (κ2) is 5.82. The highest BCUT2D eigenvalue weighted by atomic mass is 16.2. The van der Waals surface area contributed by atoms with Crippen LogP contribution in [0.3, 0.4) is 0 Å². The zero-order valence-electron chi connectivity index (χ0n) is 9.38. The van der Waals surface area contributed by atoms with Crippen LogP contribution in [-0.2, 0) is 9.59 Å². The molecule has 1 saturated heterocycles. The van der Waals surface area contributed by atoms with Crippen LogP contribution in [0.25, 0.3) is 0 Å². The molecule has 0 aliphatic carbocycles. The van der Waals surface area contributed by atoms with Crippen molar-refractivity contribution in [1.29, 1.82) is 0 Å². The first-order valence-corrected chi connectivity index (χ1v) is 5.36. The lowest BCUT2D eigenvalue weighted by atomic mass is 10.3. The van der Waals surface area contributed by atoms with Gasteiger partial charge in [0.25, 0.3) is 0 Å². The molecule has 2 amide bonds. The lowest BCUT2D eigenvalue weighted by Crippen LogP contribution is -2.51. The highest BCUT2D eigenvalue weighted by molar-refractivity contribution is 5.99. The summed E-state index contributed by atoms with van der Waals surface area (Å²) in [6.45, 7) is 6.58. The highest BCUT2D eigenvalue weighted by Gasteiger charge is 2.21. The predicted octanol–water partition coefficient (Wildman–Crippen LogP) is -0.667. The molecule has 1 aliphatic heterocycles. The summed E-state index contributed by atoms with van der Waals surface area (Å²) in [6.07, 6.45) is 0.957. The topological polar surface area (TPSA) is 61.4 Å². The third-order valence-electron chi connectivity index (χ3n) is 2.22. The van der Waals surface area contributed by atoms with Gasteiger partial charge in [0.2, 0.25) is 11.8 Å². The maximum atomic E-state index is 11.0. The second-order valence-electron chi connectivity index (χ2n) is 4.14. The number of carbonyl (C=O) groups excluding carboxylic acids is 2. The van der Waals surface area contributed by atoms with E-state index in [0.717, 1.165) is 19.5 Å². The van der Waals surface area contributed by atoms with Crippen LogP contribution >= 0.6 is 0 Å². The van der Waals surface area contributed by atoms with E-state index < -0.39 is 0 Å². The van der Waals surface area contributed by atoms with Crippen molar-refractivity contribution in [2.75, 3.05) is 26.2 Å². The van der Waals surface area contributed by atoms with Crippen molar-refractivity contribution in [3.05, 3.63) is 0 Å². The van der Waals surface area contributed by atoms with Crippen molar-refractivity contribution in [1.82, 2.24) is 15.5 Å². The Morgan fingerprint density at radius 1 is 1.33 bits per heavy atom. The number of carbonyl (C=O) groups is 2. The van der Waals surface area contributed by atoms with Crippen LogP contribution in [0.1, 0.15) is 20.3 Å². The lowest BCUT2D eigenvalue weighted by Gasteiger charge is -2.25. The van der Waals surface area contributed by atoms with E-state index >= 15 is 0 Å². The van der Waals surface area contributed by atoms with Crippen molar-refractivity contribution >= 4 is 11.8 Å². The average molecular weight is 213 g/mol. The number of imide groups is 1. The van der Waals surface area contributed by atoms with Gasteiger partial charge in [0.1, 0.15) is 0 Å². The first kappa shape index (κ1) is 12.1. The fourth-order valence-electron chi connectivity index (χ4n) is 1.55. The molecule has 0 unspecified atom stereocenters. The number of nitrogens with one attached hydrogen (secondary N) is 2. The van der Waals surface area contributed by atoms with Gasteiger partial charge in [-0.1, -0.05) is 13.8 Å². The van der Waals surface area contributed by atoms with Crippen LogP contribution in [0, 0.1) is 0 Å². The molecule has 5 nitrogen and oxygen atoms in total. The number of piperazine rings is 1. The predicted molar refractivity (Wildman–Crippen MR) is 57.3 cm³/mol. The molecule has 0 bridgehead atoms. The number of hydrogen-bond acceptors (Lipinski definition) is 4. The minimum Gasteiger partial charge on any atom is -0.314 e. The molecule has 0 aromatic rings. The molecule has 0 aromatic heterocycles. The molecule has 0 radical (unpaired) electrons. The van der Waals surface area contributed by atoms with Gasteiger partial charge in [-0.05, 0) is 13.0 Å². The van der Waals surface area contributed by atoms with Gasteiger partial charge in [0.15, 0.2) is 0 Å². The van der Waals surface area contributed by atoms with E-state index in [1.165, 1.54) is 0 Å². The fraction of sp³-hybridized carbons (Fsp3) is 0.800. The third-order valence-corrected chi connectivity index (χ3v) is 2.22. The van der Waals surface area contributed by atoms with Crippen LogP contribution in [0.2, 0.25) is 0 Å². The number of rotatable bonds is 5. The number of amides is 2. The molecule has 0 spiro atoms. The summed E-state index contributed by atoms with van der Waals surface area (Å²) in [7, 11) is 0. The molecule has 5 heteroatoms. The maximum Gasteiger partial charge on any atom is 0.240 e. The first-order chi connectivity index (χ1) is 7.08. The molecular formula is C10H19N3O2. The van der Waals surface area contributed by atoms with E-state index in [-0.39, 0.29) is 11.8 Å². The summed E-state index contributed by atoms with van der Waals surface area (Å²) in [5.74, 6) is -0.383. The fourth-order valence-corrected chi connectivity index (χ4v) is 1.55. The second-order valence-corrected chi connectivity index (χ2v) is 4.14. The Morgan fingerprint density at radius 2 is 1.93 bits per heavy atom. The van der Waals surface area contributed by atoms with Gasteiger partial charge in [-0.3, -0.25) is 19.8 Å². The van der Waals surface area contributed by atoms with Crippen molar-refractivity contribution in [3.63, 3.8) is 0 Å². The number of nitrogens with zero attached hydrogens (tertiary/aromatic N) is 1. The molecule has 0 atom stereocenters. The van der Waals surface area contributed by atoms with E-state index in [4.69, 9.17) is 0 Å². The Hall–Kier alpha value is -0.940. The van der Waals surface area contributed by atoms with Gasteiger partial charge in [-0.25, -0.2) is 0 Å². The molecule has 1 fully saturated rings. The van der Waals surface area contributed by atoms with E-state index in [2.05, 4.69) is 24.5 Å². The monoisotopic (exact) mass is 213 g/mol. The zero-order chi connectivity index (χ0) is 11.3. The van der Waals surface area contributed by atoms with Crippen LogP contribution in [0.4, 0.5) is 0 Å². The Bertz CT molecular complexity index is 225. The standard InChI is InChI=1S/C10H19N3O2/c1-8(2)11-4-3-5-13-6-9(14)12-10(15)7-13/h8,11H,3-7H2,1-2H3,(H,12,14,15). The molecule has 1 heterocycles. The minimum absolute atomic E-state index is 0.192. The van der Waals surface area contributed by atoms with Crippen LogP contribution < -0.4 is 10.6 Å². The summed E-state index contributed by atoms with van der Waals surface area (Å²) in [6, 6.07) is 0.483. The van der Waals surface area contributed by atoms with Gasteiger partial charge in [-0.15, -0.1) is 0 Å². The summed E-state index contributed by atoms with van der Waals surface area (Å²) in [5.41, 5.74) is 0. The van der Waals surface area contributed by atoms with Crippen molar-refractivity contribution in [2.24, 2.45) is 0 Å². The molecular weight excluding hydrogens is 194 g/mol. The third kappa shape index (κ3) is 4.90. The molecule has 2 N–H and O–H groups in total. The van der Waals surface area contributed by atoms with Crippen LogP contribution in [-0.4, -0.2) is 48.9 Å². The van der Waals surface area contributed by atoms with Crippen molar-refractivity contribution in [2.45, 2.75) is 26.3 Å². The molecule has 1 rings (SSSR count). The molecule has 86 valence electrons. The highest BCUT2D eigenvalue weighted by Crippen LogP contribution is 1.96. The summed E-state index contributed by atoms with van der Waals surface area (Å²) < 4.78 is 0. The summed E-state index contributed by atoms with van der Waals surface area (Å²) >= 11 is 0. The zero-order valence-corrected chi connectivity index (χ0v) is 9.38. The first-order valence-electron chi connectivity index (χ1n) is 5.36. The van der Waals surface area contributed by atoms with E-state index in [1.807, 2.05) is 4.90 Å². The molecule has 15 heavy (non-hydrogen) atoms. The normalized spacial score (nSPS) is 18.3. The van der Waals surface area contributed by atoms with Crippen LogP contribution in [0.5, 0.6) is 0 Å². The smallest absolute Gasteiger partial charge is 0.240 e. The Balaban J connectivity index is 2.15. The molecule has 0 saturated carbocycles. The van der Waals surface area contributed by atoms with Crippen molar-refractivity contribution in [3.8, 4) is 0 Å². The van der Waals surface area contributed by atoms with Gasteiger partial charge < -0.3 is 5.32 Å². The quantitative estimate of drug-likeness (QED) is 0.470. The van der Waals surface area contributed by atoms with Gasteiger partial charge in [0, 0.05) is 12.6 Å².